The Labute approximate surface area is 95.4 Å². The van der Waals surface area contributed by atoms with Crippen molar-refractivity contribution in [1.29, 1.82) is 0 Å². The van der Waals surface area contributed by atoms with Crippen LogP contribution >= 0.6 is 11.6 Å². The third-order valence-corrected chi connectivity index (χ3v) is 3.33. The number of likely N-dealkylation sites (N-methyl/N-ethyl adjacent to an activating group) is 1. The van der Waals surface area contributed by atoms with Gasteiger partial charge in [0.15, 0.2) is 9.84 Å². The lowest BCUT2D eigenvalue weighted by Gasteiger charge is -2.05. The van der Waals surface area contributed by atoms with Crippen LogP contribution in [0.4, 0.5) is 0 Å². The van der Waals surface area contributed by atoms with Crippen molar-refractivity contribution in [1.82, 2.24) is 5.32 Å². The SMILES string of the molecule is CNCCc1cc(Cl)cc(S(C)(=O)=O)c1. The Morgan fingerprint density at radius 1 is 1.33 bits per heavy atom. The fraction of sp³-hybridized carbons (Fsp3) is 0.400. The van der Waals surface area contributed by atoms with E-state index in [2.05, 4.69) is 5.32 Å². The second kappa shape index (κ2) is 4.96. The van der Waals surface area contributed by atoms with Crippen molar-refractivity contribution in [3.63, 3.8) is 0 Å². The topological polar surface area (TPSA) is 46.2 Å². The summed E-state index contributed by atoms with van der Waals surface area (Å²) in [5, 5.41) is 3.46. The summed E-state index contributed by atoms with van der Waals surface area (Å²) in [6, 6.07) is 4.92. The zero-order valence-electron chi connectivity index (χ0n) is 8.75. The van der Waals surface area contributed by atoms with Crippen LogP contribution in [0, 0.1) is 0 Å². The molecule has 0 heterocycles. The fourth-order valence-electron chi connectivity index (χ4n) is 1.25. The van der Waals surface area contributed by atoms with E-state index in [-0.39, 0.29) is 4.90 Å². The van der Waals surface area contributed by atoms with Crippen LogP contribution in [0.1, 0.15) is 5.56 Å². The third kappa shape index (κ3) is 3.81. The molecule has 5 heteroatoms. The number of sulfone groups is 1. The quantitative estimate of drug-likeness (QED) is 0.877. The number of hydrogen-bond acceptors (Lipinski definition) is 3. The van der Waals surface area contributed by atoms with E-state index < -0.39 is 9.84 Å². The minimum atomic E-state index is -3.18. The molecule has 0 saturated heterocycles. The first kappa shape index (κ1) is 12.5. The van der Waals surface area contributed by atoms with E-state index in [1.54, 1.807) is 12.1 Å². The summed E-state index contributed by atoms with van der Waals surface area (Å²) in [4.78, 5) is 0.279. The zero-order chi connectivity index (χ0) is 11.5. The molecule has 84 valence electrons. The molecular weight excluding hydrogens is 234 g/mol. The molecule has 1 aromatic rings. The minimum absolute atomic E-state index is 0.279. The summed E-state index contributed by atoms with van der Waals surface area (Å²) in [5.74, 6) is 0. The van der Waals surface area contributed by atoms with E-state index in [9.17, 15) is 8.42 Å². The second-order valence-corrected chi connectivity index (χ2v) is 5.87. The maximum atomic E-state index is 11.3. The molecule has 15 heavy (non-hydrogen) atoms. The molecule has 0 bridgehead atoms. The van der Waals surface area contributed by atoms with Crippen LogP contribution in [0.5, 0.6) is 0 Å². The highest BCUT2D eigenvalue weighted by atomic mass is 35.5. The minimum Gasteiger partial charge on any atom is -0.319 e. The van der Waals surface area contributed by atoms with E-state index >= 15 is 0 Å². The average Bonchev–Trinajstić information content (AvgIpc) is 2.12. The Balaban J connectivity index is 3.06. The molecule has 0 amide bonds. The third-order valence-electron chi connectivity index (χ3n) is 2.02. The predicted molar refractivity (Wildman–Crippen MR) is 62.2 cm³/mol. The van der Waals surface area contributed by atoms with Crippen LogP contribution in [0.2, 0.25) is 5.02 Å². The molecule has 0 unspecified atom stereocenters. The summed E-state index contributed by atoms with van der Waals surface area (Å²) < 4.78 is 22.7. The molecule has 0 saturated carbocycles. The highest BCUT2D eigenvalue weighted by Gasteiger charge is 2.09. The fourth-order valence-corrected chi connectivity index (χ4v) is 2.28. The summed E-state index contributed by atoms with van der Waals surface area (Å²) in [7, 11) is -1.33. The molecule has 0 aromatic heterocycles. The van der Waals surface area contributed by atoms with Crippen LogP contribution in [0.15, 0.2) is 23.1 Å². The molecule has 0 fully saturated rings. The standard InChI is InChI=1S/C10H14ClNO2S/c1-12-4-3-8-5-9(11)7-10(6-8)15(2,13)14/h5-7,12H,3-4H2,1-2H3. The van der Waals surface area contributed by atoms with Crippen molar-refractivity contribution < 1.29 is 8.42 Å². The molecule has 1 aromatic carbocycles. The van der Waals surface area contributed by atoms with Gasteiger partial charge in [-0.15, -0.1) is 0 Å². The van der Waals surface area contributed by atoms with Crippen molar-refractivity contribution in [2.75, 3.05) is 19.8 Å². The predicted octanol–water partition coefficient (Wildman–Crippen LogP) is 1.51. The van der Waals surface area contributed by atoms with Crippen LogP contribution in [-0.2, 0) is 16.3 Å². The smallest absolute Gasteiger partial charge is 0.175 e. The largest absolute Gasteiger partial charge is 0.319 e. The number of hydrogen-bond donors (Lipinski definition) is 1. The first-order valence-electron chi connectivity index (χ1n) is 4.57. The molecule has 1 N–H and O–H groups in total. The monoisotopic (exact) mass is 247 g/mol. The molecule has 0 aliphatic rings. The van der Waals surface area contributed by atoms with E-state index in [4.69, 9.17) is 11.6 Å². The van der Waals surface area contributed by atoms with E-state index in [0.717, 1.165) is 18.5 Å². The normalized spacial score (nSPS) is 11.7. The highest BCUT2D eigenvalue weighted by molar-refractivity contribution is 7.90. The number of halogens is 1. The van der Waals surface area contributed by atoms with Crippen LogP contribution in [0.25, 0.3) is 0 Å². The van der Waals surface area contributed by atoms with E-state index in [1.165, 1.54) is 12.3 Å². The van der Waals surface area contributed by atoms with Gasteiger partial charge < -0.3 is 5.32 Å². The first-order chi connectivity index (χ1) is 6.93. The van der Waals surface area contributed by atoms with Crippen molar-refractivity contribution in [3.8, 4) is 0 Å². The summed E-state index contributed by atoms with van der Waals surface area (Å²) >= 11 is 5.85. The van der Waals surface area contributed by atoms with Crippen LogP contribution < -0.4 is 5.32 Å². The molecule has 3 nitrogen and oxygen atoms in total. The number of benzene rings is 1. The van der Waals surface area contributed by atoms with Crippen LogP contribution in [0.3, 0.4) is 0 Å². The zero-order valence-corrected chi connectivity index (χ0v) is 10.3. The van der Waals surface area contributed by atoms with Gasteiger partial charge >= 0.3 is 0 Å². The van der Waals surface area contributed by atoms with E-state index in [1.807, 2.05) is 7.05 Å². The van der Waals surface area contributed by atoms with Crippen molar-refractivity contribution in [2.24, 2.45) is 0 Å². The van der Waals surface area contributed by atoms with Gasteiger partial charge in [-0.2, -0.15) is 0 Å². The van der Waals surface area contributed by atoms with Gasteiger partial charge in [0.1, 0.15) is 0 Å². The van der Waals surface area contributed by atoms with Gasteiger partial charge in [-0.05, 0) is 43.8 Å². The van der Waals surface area contributed by atoms with Crippen molar-refractivity contribution >= 4 is 21.4 Å². The number of rotatable bonds is 4. The molecular formula is C10H14ClNO2S. The Bertz CT molecular complexity index is 443. The lowest BCUT2D eigenvalue weighted by molar-refractivity contribution is 0.601. The molecule has 0 spiro atoms. The second-order valence-electron chi connectivity index (χ2n) is 3.42. The van der Waals surface area contributed by atoms with Crippen molar-refractivity contribution in [3.05, 3.63) is 28.8 Å². The molecule has 0 aliphatic heterocycles. The Hall–Kier alpha value is -0.580. The summed E-state index contributed by atoms with van der Waals surface area (Å²) in [5.41, 5.74) is 0.928. The summed E-state index contributed by atoms with van der Waals surface area (Å²) in [6.45, 7) is 0.795. The maximum absolute atomic E-state index is 11.3. The molecule has 0 atom stereocenters. The van der Waals surface area contributed by atoms with Crippen LogP contribution in [-0.4, -0.2) is 28.3 Å². The van der Waals surface area contributed by atoms with Crippen molar-refractivity contribution in [2.45, 2.75) is 11.3 Å². The first-order valence-corrected chi connectivity index (χ1v) is 6.84. The van der Waals surface area contributed by atoms with Gasteiger partial charge in [0, 0.05) is 11.3 Å². The van der Waals surface area contributed by atoms with Gasteiger partial charge in [0.2, 0.25) is 0 Å². The maximum Gasteiger partial charge on any atom is 0.175 e. The van der Waals surface area contributed by atoms with Gasteiger partial charge in [-0.25, -0.2) is 8.42 Å². The summed E-state index contributed by atoms with van der Waals surface area (Å²) in [6.07, 6.45) is 1.94. The van der Waals surface area contributed by atoms with Gasteiger partial charge in [0.05, 0.1) is 4.90 Å². The Morgan fingerprint density at radius 3 is 2.53 bits per heavy atom. The number of nitrogens with one attached hydrogen (secondary N) is 1. The lowest BCUT2D eigenvalue weighted by Crippen LogP contribution is -2.10. The average molecular weight is 248 g/mol. The Morgan fingerprint density at radius 2 is 2.00 bits per heavy atom. The van der Waals surface area contributed by atoms with Gasteiger partial charge in [-0.3, -0.25) is 0 Å². The molecule has 1 rings (SSSR count). The van der Waals surface area contributed by atoms with Gasteiger partial charge in [-0.1, -0.05) is 11.6 Å². The van der Waals surface area contributed by atoms with E-state index in [0.29, 0.717) is 5.02 Å². The lowest BCUT2D eigenvalue weighted by atomic mass is 10.1. The highest BCUT2D eigenvalue weighted by Crippen LogP contribution is 2.19. The molecule has 0 radical (unpaired) electrons. The Kier molecular flexibility index (Phi) is 4.13. The molecule has 0 aliphatic carbocycles. The van der Waals surface area contributed by atoms with Gasteiger partial charge in [0.25, 0.3) is 0 Å².